The summed E-state index contributed by atoms with van der Waals surface area (Å²) < 4.78 is 4.88. The standard InChI is InChI=1S/C6H12O5/c7-1-3-5(9)6(10)4(2-8)11-3/h3-10H,1-2H2/t3-,4-,5+,6?/m1/s1. The molecule has 1 unspecified atom stereocenters. The smallest absolute Gasteiger partial charge is 0.111 e. The Morgan fingerprint density at radius 3 is 1.45 bits per heavy atom. The first kappa shape index (κ1) is 8.89. The lowest BCUT2D eigenvalue weighted by molar-refractivity contribution is -0.0395. The van der Waals surface area contributed by atoms with Crippen LogP contribution in [0.4, 0.5) is 0 Å². The maximum atomic E-state index is 9.11. The van der Waals surface area contributed by atoms with Crippen molar-refractivity contribution in [3.8, 4) is 0 Å². The fourth-order valence-corrected chi connectivity index (χ4v) is 1.13. The zero-order chi connectivity index (χ0) is 8.43. The summed E-state index contributed by atoms with van der Waals surface area (Å²) >= 11 is 0. The molecule has 0 bridgehead atoms. The molecule has 0 saturated carbocycles. The number of rotatable bonds is 2. The molecular formula is C6H12O5. The molecular weight excluding hydrogens is 152 g/mol. The van der Waals surface area contributed by atoms with Gasteiger partial charge in [0.25, 0.3) is 0 Å². The molecule has 1 rings (SSSR count). The molecule has 0 amide bonds. The number of aliphatic hydroxyl groups is 4. The van der Waals surface area contributed by atoms with E-state index in [1.165, 1.54) is 0 Å². The van der Waals surface area contributed by atoms with E-state index < -0.39 is 24.4 Å². The zero-order valence-corrected chi connectivity index (χ0v) is 5.92. The summed E-state index contributed by atoms with van der Waals surface area (Å²) in [6, 6.07) is 0. The average molecular weight is 164 g/mol. The van der Waals surface area contributed by atoms with Gasteiger partial charge in [-0.25, -0.2) is 0 Å². The fourth-order valence-electron chi connectivity index (χ4n) is 1.13. The lowest BCUT2D eigenvalue weighted by Gasteiger charge is -2.10. The van der Waals surface area contributed by atoms with E-state index in [0.717, 1.165) is 0 Å². The molecule has 1 fully saturated rings. The minimum absolute atomic E-state index is 0.352. The second kappa shape index (κ2) is 3.46. The van der Waals surface area contributed by atoms with Crippen molar-refractivity contribution in [3.63, 3.8) is 0 Å². The summed E-state index contributed by atoms with van der Waals surface area (Å²) in [7, 11) is 0. The molecule has 4 N–H and O–H groups in total. The summed E-state index contributed by atoms with van der Waals surface area (Å²) in [5, 5.41) is 35.4. The van der Waals surface area contributed by atoms with Crippen LogP contribution >= 0.6 is 0 Å². The van der Waals surface area contributed by atoms with Crippen LogP contribution in [0.5, 0.6) is 0 Å². The van der Waals surface area contributed by atoms with E-state index >= 15 is 0 Å². The van der Waals surface area contributed by atoms with Crippen LogP contribution in [0.15, 0.2) is 0 Å². The van der Waals surface area contributed by atoms with E-state index in [0.29, 0.717) is 0 Å². The second-order valence-electron chi connectivity index (χ2n) is 2.56. The minimum Gasteiger partial charge on any atom is -0.394 e. The van der Waals surface area contributed by atoms with Crippen LogP contribution in [-0.2, 0) is 4.74 Å². The Bertz CT molecular complexity index is 110. The maximum Gasteiger partial charge on any atom is 0.111 e. The van der Waals surface area contributed by atoms with E-state index in [9.17, 15) is 0 Å². The normalized spacial score (nSPS) is 44.7. The molecule has 1 saturated heterocycles. The lowest BCUT2D eigenvalue weighted by atomic mass is 10.1. The topological polar surface area (TPSA) is 90.2 Å². The van der Waals surface area contributed by atoms with Gasteiger partial charge < -0.3 is 25.2 Å². The predicted octanol–water partition coefficient (Wildman–Crippen LogP) is -2.54. The van der Waals surface area contributed by atoms with Gasteiger partial charge in [0.15, 0.2) is 0 Å². The van der Waals surface area contributed by atoms with Crippen LogP contribution in [0.3, 0.4) is 0 Å². The van der Waals surface area contributed by atoms with Gasteiger partial charge in [-0.3, -0.25) is 0 Å². The number of hydrogen-bond donors (Lipinski definition) is 4. The first-order chi connectivity index (χ1) is 5.20. The van der Waals surface area contributed by atoms with Crippen LogP contribution in [0.1, 0.15) is 0 Å². The highest BCUT2D eigenvalue weighted by molar-refractivity contribution is 4.89. The molecule has 4 atom stereocenters. The Morgan fingerprint density at radius 1 is 0.909 bits per heavy atom. The van der Waals surface area contributed by atoms with E-state index in [1.54, 1.807) is 0 Å². The van der Waals surface area contributed by atoms with Gasteiger partial charge in [0.05, 0.1) is 13.2 Å². The SMILES string of the molecule is OC[C@H]1O[C@H](CO)[C@H](O)C1O. The molecule has 0 aliphatic carbocycles. The van der Waals surface area contributed by atoms with Crippen molar-refractivity contribution in [3.05, 3.63) is 0 Å². The van der Waals surface area contributed by atoms with Crippen molar-refractivity contribution < 1.29 is 25.2 Å². The number of hydrogen-bond acceptors (Lipinski definition) is 5. The molecule has 1 aliphatic rings. The highest BCUT2D eigenvalue weighted by atomic mass is 16.6. The molecule has 0 aromatic carbocycles. The average Bonchev–Trinajstić information content (AvgIpc) is 2.30. The van der Waals surface area contributed by atoms with Gasteiger partial charge in [-0.05, 0) is 0 Å². The van der Waals surface area contributed by atoms with Gasteiger partial charge in [0.1, 0.15) is 24.4 Å². The molecule has 1 aliphatic heterocycles. The molecule has 5 heteroatoms. The van der Waals surface area contributed by atoms with Crippen LogP contribution in [-0.4, -0.2) is 58.1 Å². The summed E-state index contributed by atoms with van der Waals surface area (Å²) in [6.45, 7) is -0.705. The first-order valence-corrected chi connectivity index (χ1v) is 3.44. The Morgan fingerprint density at radius 2 is 1.27 bits per heavy atom. The third-order valence-electron chi connectivity index (χ3n) is 1.82. The molecule has 66 valence electrons. The van der Waals surface area contributed by atoms with Crippen LogP contribution in [0.25, 0.3) is 0 Å². The van der Waals surface area contributed by atoms with Gasteiger partial charge >= 0.3 is 0 Å². The largest absolute Gasteiger partial charge is 0.394 e. The molecule has 0 spiro atoms. The molecule has 11 heavy (non-hydrogen) atoms. The van der Waals surface area contributed by atoms with Gasteiger partial charge in [0.2, 0.25) is 0 Å². The van der Waals surface area contributed by atoms with Crippen LogP contribution in [0, 0.1) is 0 Å². The molecule has 5 nitrogen and oxygen atoms in total. The van der Waals surface area contributed by atoms with Crippen molar-refractivity contribution >= 4 is 0 Å². The third kappa shape index (κ3) is 1.52. The van der Waals surface area contributed by atoms with E-state index in [4.69, 9.17) is 25.2 Å². The van der Waals surface area contributed by atoms with Crippen molar-refractivity contribution in [1.82, 2.24) is 0 Å². The van der Waals surface area contributed by atoms with Gasteiger partial charge in [-0.15, -0.1) is 0 Å². The molecule has 0 aromatic heterocycles. The summed E-state index contributed by atoms with van der Waals surface area (Å²) in [5.41, 5.74) is 0. The highest BCUT2D eigenvalue weighted by Crippen LogP contribution is 2.20. The zero-order valence-electron chi connectivity index (χ0n) is 5.92. The third-order valence-corrected chi connectivity index (χ3v) is 1.82. The summed E-state index contributed by atoms with van der Waals surface area (Å²) in [6.07, 6.45) is -3.75. The summed E-state index contributed by atoms with van der Waals surface area (Å²) in [5.74, 6) is 0. The number of ether oxygens (including phenoxy) is 1. The molecule has 0 aromatic rings. The van der Waals surface area contributed by atoms with Crippen molar-refractivity contribution in [2.45, 2.75) is 24.4 Å². The van der Waals surface area contributed by atoms with Gasteiger partial charge in [-0.2, -0.15) is 0 Å². The Labute approximate surface area is 63.8 Å². The monoisotopic (exact) mass is 164 g/mol. The summed E-state index contributed by atoms with van der Waals surface area (Å²) in [4.78, 5) is 0. The predicted molar refractivity (Wildman–Crippen MR) is 34.8 cm³/mol. The number of aliphatic hydroxyl groups excluding tert-OH is 4. The molecule has 1 heterocycles. The molecule has 0 radical (unpaired) electrons. The van der Waals surface area contributed by atoms with Crippen LogP contribution in [0.2, 0.25) is 0 Å². The Kier molecular flexibility index (Phi) is 2.80. The first-order valence-electron chi connectivity index (χ1n) is 3.44. The van der Waals surface area contributed by atoms with Gasteiger partial charge in [0, 0.05) is 0 Å². The van der Waals surface area contributed by atoms with Crippen molar-refractivity contribution in [1.29, 1.82) is 0 Å². The van der Waals surface area contributed by atoms with Crippen molar-refractivity contribution in [2.24, 2.45) is 0 Å². The second-order valence-corrected chi connectivity index (χ2v) is 2.56. The van der Waals surface area contributed by atoms with Crippen molar-refractivity contribution in [2.75, 3.05) is 13.2 Å². The Hall–Kier alpha value is -0.200. The van der Waals surface area contributed by atoms with Crippen LogP contribution < -0.4 is 0 Å². The lowest BCUT2D eigenvalue weighted by Crippen LogP contribution is -2.34. The fraction of sp³-hybridized carbons (Fsp3) is 1.00. The Balaban J connectivity index is 2.53. The van der Waals surface area contributed by atoms with Gasteiger partial charge in [-0.1, -0.05) is 0 Å². The maximum absolute atomic E-state index is 9.11. The highest BCUT2D eigenvalue weighted by Gasteiger charge is 2.41. The minimum atomic E-state index is -1.10. The quantitative estimate of drug-likeness (QED) is 0.361. The van der Waals surface area contributed by atoms with E-state index in [2.05, 4.69) is 0 Å². The van der Waals surface area contributed by atoms with E-state index in [1.807, 2.05) is 0 Å². The van der Waals surface area contributed by atoms with E-state index in [-0.39, 0.29) is 13.2 Å².